The van der Waals surface area contributed by atoms with Gasteiger partial charge in [-0.3, -0.25) is 59.4 Å². The van der Waals surface area contributed by atoms with Crippen molar-refractivity contribution in [3.63, 3.8) is 0 Å². The van der Waals surface area contributed by atoms with Crippen molar-refractivity contribution in [2.24, 2.45) is 15.4 Å². The first-order valence-corrected chi connectivity index (χ1v) is 51.8. The van der Waals surface area contributed by atoms with E-state index in [0.717, 1.165) is 89.5 Å². The van der Waals surface area contributed by atoms with Crippen LogP contribution in [0.15, 0.2) is 215 Å². The molecule has 780 valence electrons. The van der Waals surface area contributed by atoms with E-state index < -0.39 is 152 Å². The number of nitrogens with zero attached hydrogens (tertiary/aromatic N) is 6. The summed E-state index contributed by atoms with van der Waals surface area (Å²) in [4.78, 5) is 122. The monoisotopic (exact) mass is 2060 g/mol. The molecule has 15 N–H and O–H groups in total. The molecule has 0 heterocycles. The molecule has 9 aromatic rings. The molecule has 9 amide bonds. The van der Waals surface area contributed by atoms with Gasteiger partial charge in [-0.15, -0.1) is 0 Å². The number of carbonyl (C=O) groups is 9. The van der Waals surface area contributed by atoms with Crippen molar-refractivity contribution in [1.29, 1.82) is 0 Å². The summed E-state index contributed by atoms with van der Waals surface area (Å²) in [6, 6.07) is 41.9. The normalized spacial score (nSPS) is 12.8. The summed E-state index contributed by atoms with van der Waals surface area (Å²) < 4.78 is 159. The summed E-state index contributed by atoms with van der Waals surface area (Å²) in [6.45, 7) is 17.4. The number of hydrazine groups is 3. The number of benzene rings is 9. The molecule has 9 aromatic carbocycles. The number of nitrogens with two attached hydrogens (primary N) is 3. The minimum atomic E-state index is -4.35. The molecule has 0 radical (unpaired) electrons. The molecule has 6 atom stereocenters. The molecule has 0 spiro atoms. The highest BCUT2D eigenvalue weighted by molar-refractivity contribution is 7.89. The molecule has 0 saturated carbocycles. The van der Waals surface area contributed by atoms with Gasteiger partial charge in [0.05, 0.1) is 70.4 Å². The van der Waals surface area contributed by atoms with E-state index in [1.807, 2.05) is 78.8 Å². The van der Waals surface area contributed by atoms with E-state index in [0.29, 0.717) is 109 Å². The molecule has 144 heavy (non-hydrogen) atoms. The topological polar surface area (TPSA) is 486 Å². The lowest BCUT2D eigenvalue weighted by Gasteiger charge is -2.30. The minimum absolute atomic E-state index is 0.0688. The van der Waals surface area contributed by atoms with Crippen LogP contribution in [0.4, 0.5) is 26.3 Å². The maximum atomic E-state index is 14.1. The summed E-state index contributed by atoms with van der Waals surface area (Å²) in [5.41, 5.74) is 9.90. The number of carbonyl (C=O) groups excluding carboxylic acids is 9. The van der Waals surface area contributed by atoms with Gasteiger partial charge in [0.2, 0.25) is 47.8 Å². The fourth-order valence-corrected chi connectivity index (χ4v) is 17.4. The van der Waals surface area contributed by atoms with E-state index in [-0.39, 0.29) is 132 Å². The second-order valence-electron chi connectivity index (χ2n) is 34.6. The second kappa shape index (κ2) is 57.7. The zero-order valence-electron chi connectivity index (χ0n) is 81.9. The van der Waals surface area contributed by atoms with Crippen LogP contribution in [-0.2, 0) is 83.0 Å². The van der Waals surface area contributed by atoms with Gasteiger partial charge in [0, 0.05) is 131 Å². The van der Waals surface area contributed by atoms with E-state index in [2.05, 4.69) is 32.2 Å². The lowest BCUT2D eigenvalue weighted by atomic mass is 9.99. The van der Waals surface area contributed by atoms with Gasteiger partial charge in [-0.1, -0.05) is 146 Å². The van der Waals surface area contributed by atoms with Gasteiger partial charge in [0.1, 0.15) is 34.9 Å². The van der Waals surface area contributed by atoms with Crippen LogP contribution in [0.3, 0.4) is 0 Å². The molecular weight excluding hydrogens is 1930 g/mol. The Hall–Kier alpha value is -12.7. The number of halogens is 6. The Labute approximate surface area is 836 Å². The summed E-state index contributed by atoms with van der Waals surface area (Å²) in [7, 11) is -11.6. The third kappa shape index (κ3) is 39.4. The molecule has 0 fully saturated rings. The molecule has 0 aliphatic rings. The van der Waals surface area contributed by atoms with Gasteiger partial charge in [0.15, 0.2) is 0 Å². The van der Waals surface area contributed by atoms with Gasteiger partial charge in [-0.2, -0.15) is 0 Å². The third-order valence-electron chi connectivity index (χ3n) is 22.2. The van der Waals surface area contributed by atoms with E-state index in [9.17, 15) is 110 Å². The maximum absolute atomic E-state index is 14.1. The SMILES string of the molecule is CCCN(CC(O)C(Cc1cc(F)cc(F)c1)NC(=O)c1cc(C(=O)N(CCC)CCC)cc(S(N)(=O)=O)c1)NC(=O)Cc1ccccc1.CCCN(CCC)C(=O)c1cc(C(=O)NC(Cc2cc(F)cc(F)c2)C(O)CN(C)NC(=O)Cc2ccccc2)cc(S(N)(=O)=O)c1.CCCN(CCC)C(=O)c1cc(C(=O)NC(Cc2cc(F)cc(F)c2)C(O)CN(CC)NC(=O)Cc2ccccc2)cc(S(N)(=O)=O)c1. The van der Waals surface area contributed by atoms with Gasteiger partial charge in [0.25, 0.3) is 35.4 Å². The lowest BCUT2D eigenvalue weighted by molar-refractivity contribution is -0.126. The van der Waals surface area contributed by atoms with Crippen LogP contribution in [0.1, 0.15) is 196 Å². The lowest BCUT2D eigenvalue weighted by Crippen LogP contribution is -2.53. The van der Waals surface area contributed by atoms with Gasteiger partial charge < -0.3 is 46.0 Å². The average Bonchev–Trinajstić information content (AvgIpc) is 0.805. The molecule has 6 unspecified atom stereocenters. The van der Waals surface area contributed by atoms with Crippen LogP contribution in [0.5, 0.6) is 0 Å². The Balaban J connectivity index is 0.000000293. The zero-order chi connectivity index (χ0) is 106. The fourth-order valence-electron chi connectivity index (χ4n) is 15.6. The Bertz CT molecular complexity index is 6120. The van der Waals surface area contributed by atoms with Gasteiger partial charge in [-0.25, -0.2) is 82.0 Å². The first-order chi connectivity index (χ1) is 68.2. The van der Waals surface area contributed by atoms with E-state index in [1.54, 1.807) is 77.4 Å². The Morgan fingerprint density at radius 1 is 0.306 bits per heavy atom. The average molecular weight is 2060 g/mol. The highest BCUT2D eigenvalue weighted by Crippen LogP contribution is 2.25. The molecule has 0 saturated heterocycles. The predicted molar refractivity (Wildman–Crippen MR) is 531 cm³/mol. The number of sulfonamides is 3. The quantitative estimate of drug-likeness (QED) is 0.0125. The number of aliphatic hydroxyl groups is 3. The third-order valence-corrected chi connectivity index (χ3v) is 24.9. The number of hydrogen-bond donors (Lipinski definition) is 12. The minimum Gasteiger partial charge on any atom is -0.390 e. The van der Waals surface area contributed by atoms with Gasteiger partial charge >= 0.3 is 0 Å². The molecular formula is C102H129F6N15O18S3. The number of rotatable bonds is 51. The van der Waals surface area contributed by atoms with Crippen molar-refractivity contribution < 1.29 is 110 Å². The van der Waals surface area contributed by atoms with Crippen LogP contribution >= 0.6 is 0 Å². The van der Waals surface area contributed by atoms with Crippen molar-refractivity contribution in [2.75, 3.05) is 79.0 Å². The summed E-state index contributed by atoms with van der Waals surface area (Å²) in [6.07, 6.45) is -0.208. The largest absolute Gasteiger partial charge is 0.390 e. The molecule has 9 rings (SSSR count). The first kappa shape index (κ1) is 118. The number of aliphatic hydroxyl groups excluding tert-OH is 3. The molecule has 0 aromatic heterocycles. The Kier molecular flexibility index (Phi) is 47.4. The van der Waals surface area contributed by atoms with Crippen LogP contribution in [0, 0.1) is 34.9 Å². The van der Waals surface area contributed by atoms with Gasteiger partial charge in [-0.05, 0) is 189 Å². The van der Waals surface area contributed by atoms with Crippen molar-refractivity contribution in [1.82, 2.24) is 62.0 Å². The molecule has 0 bridgehead atoms. The molecule has 33 nitrogen and oxygen atoms in total. The smallest absolute Gasteiger partial charge is 0.253 e. The van der Waals surface area contributed by atoms with Crippen LogP contribution < -0.4 is 47.6 Å². The standard InChI is InChI=1S/C35H45F2N5O6S.C34H43F2N5O6S.C33H41F2N5O6S/c1-4-12-41(13-5-2)35(46)27-19-26(20-30(21-27)49(38,47)48)34(45)39-31(17-25-15-28(36)22-29(37)16-25)32(43)23-42(14-6-3)40-33(44)18-24-10-8-7-9-11-24;1-4-12-40(13-5-2)34(45)26-18-25(19-29(20-26)48(37,46)47)33(44)38-30(16-24-14-27(35)21-28(36)15-24)31(42)22-41(6-3)39-32(43)17-23-10-8-7-9-11-23;1-4-11-40(12-5-2)33(44)25-17-24(18-28(19-25)47(36,45)46)32(43)37-29(15-23-13-26(34)20-27(35)14-23)30(41)21-39(3)38-31(42)16-22-9-7-6-8-10-22/h7-11,15-16,19-22,31-32,43H,4-6,12-14,17-18,23H2,1-3H3,(H,39,45)(H,40,44)(H2,38,47,48);7-11,14-15,18-21,30-31,42H,4-6,12-13,16-17,22H2,1-3H3,(H,38,44)(H,39,43)(H2,37,46,47);6-10,13-14,17-20,29-30,41H,4-5,11-12,15-16,21H2,1-3H3,(H,37,43)(H,38,42)(H2,36,45,46). The van der Waals surface area contributed by atoms with Crippen molar-refractivity contribution in [3.05, 3.63) is 302 Å². The first-order valence-electron chi connectivity index (χ1n) is 47.1. The van der Waals surface area contributed by atoms with Crippen molar-refractivity contribution in [3.8, 4) is 0 Å². The maximum Gasteiger partial charge on any atom is 0.253 e. The van der Waals surface area contributed by atoms with Crippen LogP contribution in [-0.4, -0.2) is 239 Å². The summed E-state index contributed by atoms with van der Waals surface area (Å²) in [5, 5.41) is 62.3. The number of amides is 9. The highest BCUT2D eigenvalue weighted by Gasteiger charge is 2.34. The Morgan fingerprint density at radius 3 is 0.792 bits per heavy atom. The van der Waals surface area contributed by atoms with E-state index >= 15 is 0 Å². The molecule has 42 heteroatoms. The number of nitrogens with one attached hydrogen (secondary N) is 6. The summed E-state index contributed by atoms with van der Waals surface area (Å²) >= 11 is 0. The zero-order valence-corrected chi connectivity index (χ0v) is 84.3. The molecule has 0 aliphatic carbocycles. The Morgan fingerprint density at radius 2 is 0.542 bits per heavy atom. The number of hydrogen-bond acceptors (Lipinski definition) is 21. The predicted octanol–water partition coefficient (Wildman–Crippen LogP) is 9.52. The van der Waals surface area contributed by atoms with Crippen molar-refractivity contribution >= 4 is 83.2 Å². The van der Waals surface area contributed by atoms with Crippen molar-refractivity contribution in [2.45, 2.75) is 190 Å². The second-order valence-corrected chi connectivity index (χ2v) is 39.3. The van der Waals surface area contributed by atoms with Crippen LogP contribution in [0.25, 0.3) is 0 Å². The van der Waals surface area contributed by atoms with Crippen LogP contribution in [0.2, 0.25) is 0 Å². The number of likely N-dealkylation sites (N-methyl/N-ethyl adjacent to an activating group) is 2. The summed E-state index contributed by atoms with van der Waals surface area (Å²) in [5.74, 6) is -10.3. The van der Waals surface area contributed by atoms with E-state index in [1.165, 1.54) is 45.2 Å². The highest BCUT2D eigenvalue weighted by atomic mass is 32.2. The molecule has 0 aliphatic heterocycles. The fraction of sp³-hybridized carbons (Fsp3) is 0.382. The number of primary sulfonamides is 3. The van der Waals surface area contributed by atoms with E-state index in [4.69, 9.17) is 15.4 Å².